The maximum Gasteiger partial charge on any atom is 0.105 e. The van der Waals surface area contributed by atoms with Crippen molar-refractivity contribution in [3.05, 3.63) is 65.1 Å². The molecule has 0 saturated heterocycles. The lowest BCUT2D eigenvalue weighted by Crippen LogP contribution is -2.34. The lowest BCUT2D eigenvalue weighted by molar-refractivity contribution is 0.0382. The minimum Gasteiger partial charge on any atom is -0.384 e. The monoisotopic (exact) mass is 377 g/mol. The Bertz CT molecular complexity index is 974. The van der Waals surface area contributed by atoms with Crippen LogP contribution in [0.25, 0.3) is 10.9 Å². The van der Waals surface area contributed by atoms with E-state index < -0.39 is 5.60 Å². The molecule has 148 valence electrons. The number of benzene rings is 1. The van der Waals surface area contributed by atoms with Crippen molar-refractivity contribution >= 4 is 10.9 Å². The molecule has 2 aromatic heterocycles. The van der Waals surface area contributed by atoms with Gasteiger partial charge in [0.1, 0.15) is 5.60 Å². The first-order valence-electron chi connectivity index (χ1n) is 10.4. The summed E-state index contributed by atoms with van der Waals surface area (Å²) in [6.45, 7) is 7.95. The molecular formula is C24H31N3O. The summed E-state index contributed by atoms with van der Waals surface area (Å²) in [5.41, 5.74) is 5.35. The zero-order valence-electron chi connectivity index (χ0n) is 17.4. The Labute approximate surface area is 167 Å². The second kappa shape index (κ2) is 7.34. The first-order valence-corrected chi connectivity index (χ1v) is 10.4. The summed E-state index contributed by atoms with van der Waals surface area (Å²) in [6, 6.07) is 11.0. The highest BCUT2D eigenvalue weighted by Crippen LogP contribution is 2.41. The van der Waals surface area contributed by atoms with E-state index in [1.54, 1.807) is 12.4 Å². The number of hydrogen-bond acceptors (Lipinski definition) is 3. The van der Waals surface area contributed by atoms with Gasteiger partial charge in [0, 0.05) is 48.0 Å². The molecule has 4 rings (SSSR count). The number of likely N-dealkylation sites (N-methyl/N-ethyl adjacent to an activating group) is 1. The lowest BCUT2D eigenvalue weighted by Gasteiger charge is -2.34. The van der Waals surface area contributed by atoms with Gasteiger partial charge in [-0.3, -0.25) is 9.88 Å². The zero-order valence-corrected chi connectivity index (χ0v) is 17.4. The second-order valence-electron chi connectivity index (χ2n) is 8.51. The Morgan fingerprint density at radius 3 is 2.68 bits per heavy atom. The second-order valence-corrected chi connectivity index (χ2v) is 8.51. The van der Waals surface area contributed by atoms with E-state index in [0.29, 0.717) is 12.6 Å². The molecule has 1 N–H and O–H groups in total. The van der Waals surface area contributed by atoms with Gasteiger partial charge in [0.2, 0.25) is 0 Å². The van der Waals surface area contributed by atoms with Crippen molar-refractivity contribution in [2.75, 3.05) is 13.6 Å². The topological polar surface area (TPSA) is 41.3 Å². The quantitative estimate of drug-likeness (QED) is 0.707. The average Bonchev–Trinajstić information content (AvgIpc) is 2.97. The molecule has 2 unspecified atom stereocenters. The molecule has 1 aliphatic heterocycles. The first-order chi connectivity index (χ1) is 13.4. The van der Waals surface area contributed by atoms with Gasteiger partial charge in [-0.2, -0.15) is 0 Å². The number of fused-ring (bicyclic) bond motifs is 3. The molecule has 0 bridgehead atoms. The number of rotatable bonds is 5. The number of pyridine rings is 1. The Morgan fingerprint density at radius 2 is 1.96 bits per heavy atom. The highest BCUT2D eigenvalue weighted by Gasteiger charge is 2.33. The van der Waals surface area contributed by atoms with Crippen LogP contribution in [0.1, 0.15) is 55.1 Å². The molecule has 0 aliphatic carbocycles. The Balaban J connectivity index is 1.88. The van der Waals surface area contributed by atoms with Gasteiger partial charge in [0.25, 0.3) is 0 Å². The molecule has 28 heavy (non-hydrogen) atoms. The molecule has 0 saturated carbocycles. The number of aliphatic hydroxyl groups is 1. The molecule has 3 heterocycles. The molecule has 4 nitrogen and oxygen atoms in total. The summed E-state index contributed by atoms with van der Waals surface area (Å²) in [5.74, 6) is 0. The van der Waals surface area contributed by atoms with Gasteiger partial charge >= 0.3 is 0 Å². The fraction of sp³-hybridized carbons (Fsp3) is 0.458. The van der Waals surface area contributed by atoms with Gasteiger partial charge in [0.15, 0.2) is 0 Å². The Kier molecular flexibility index (Phi) is 5.02. The summed E-state index contributed by atoms with van der Waals surface area (Å²) >= 11 is 0. The van der Waals surface area contributed by atoms with Crippen LogP contribution >= 0.6 is 0 Å². The van der Waals surface area contributed by atoms with Crippen molar-refractivity contribution in [1.29, 1.82) is 0 Å². The van der Waals surface area contributed by atoms with Crippen molar-refractivity contribution in [2.24, 2.45) is 0 Å². The predicted molar refractivity (Wildman–Crippen MR) is 114 cm³/mol. The van der Waals surface area contributed by atoms with Crippen LogP contribution in [0.4, 0.5) is 0 Å². The molecule has 2 atom stereocenters. The molecule has 1 aromatic carbocycles. The molecule has 0 fully saturated rings. The summed E-state index contributed by atoms with van der Waals surface area (Å²) in [6.07, 6.45) is 6.86. The van der Waals surface area contributed by atoms with Crippen LogP contribution in [-0.2, 0) is 18.6 Å². The van der Waals surface area contributed by atoms with Crippen molar-refractivity contribution in [1.82, 2.24) is 14.5 Å². The largest absolute Gasteiger partial charge is 0.384 e. The van der Waals surface area contributed by atoms with E-state index in [1.807, 2.05) is 19.1 Å². The van der Waals surface area contributed by atoms with Crippen molar-refractivity contribution in [2.45, 2.75) is 58.2 Å². The van der Waals surface area contributed by atoms with Crippen LogP contribution in [-0.4, -0.2) is 33.1 Å². The number of hydrogen-bond donors (Lipinski definition) is 1. The average molecular weight is 378 g/mol. The van der Waals surface area contributed by atoms with Crippen molar-refractivity contribution < 1.29 is 5.11 Å². The Hall–Kier alpha value is -2.17. The van der Waals surface area contributed by atoms with Gasteiger partial charge < -0.3 is 9.67 Å². The number of nitrogens with zero attached hydrogens (tertiary/aromatic N) is 3. The minimum absolute atomic E-state index is 0.449. The van der Waals surface area contributed by atoms with Crippen molar-refractivity contribution in [3.8, 4) is 0 Å². The van der Waals surface area contributed by atoms with Gasteiger partial charge in [-0.15, -0.1) is 0 Å². The van der Waals surface area contributed by atoms with E-state index >= 15 is 0 Å². The Morgan fingerprint density at radius 1 is 1.21 bits per heavy atom. The third kappa shape index (κ3) is 3.25. The molecular weight excluding hydrogens is 346 g/mol. The van der Waals surface area contributed by atoms with Crippen LogP contribution in [0.5, 0.6) is 0 Å². The molecule has 0 spiro atoms. The van der Waals surface area contributed by atoms with E-state index in [1.165, 1.54) is 34.1 Å². The fourth-order valence-electron chi connectivity index (χ4n) is 4.78. The van der Waals surface area contributed by atoms with E-state index in [2.05, 4.69) is 53.5 Å². The minimum atomic E-state index is -0.947. The molecule has 4 heteroatoms. The summed E-state index contributed by atoms with van der Waals surface area (Å²) in [5, 5.41) is 12.7. The van der Waals surface area contributed by atoms with Gasteiger partial charge in [0.05, 0.1) is 6.54 Å². The summed E-state index contributed by atoms with van der Waals surface area (Å²) in [4.78, 5) is 6.60. The maximum absolute atomic E-state index is 11.3. The third-order valence-electron chi connectivity index (χ3n) is 6.27. The normalized spacial score (nSPS) is 19.5. The highest BCUT2D eigenvalue weighted by molar-refractivity contribution is 5.87. The smallest absolute Gasteiger partial charge is 0.105 e. The van der Waals surface area contributed by atoms with Crippen LogP contribution < -0.4 is 0 Å². The van der Waals surface area contributed by atoms with E-state index in [4.69, 9.17) is 0 Å². The third-order valence-corrected chi connectivity index (χ3v) is 6.27. The van der Waals surface area contributed by atoms with Crippen LogP contribution in [0.2, 0.25) is 0 Å². The number of aromatic nitrogens is 2. The van der Waals surface area contributed by atoms with Gasteiger partial charge in [-0.1, -0.05) is 25.0 Å². The first kappa shape index (κ1) is 19.2. The van der Waals surface area contributed by atoms with Gasteiger partial charge in [-0.05, 0) is 62.7 Å². The fourth-order valence-corrected chi connectivity index (χ4v) is 4.78. The standard InChI is InChI=1S/C24H31N3O/c1-5-6-21-23-19-15-17(2)7-8-20(19)27(22(23)11-14-26(21)4)16-24(3,28)18-9-12-25-13-10-18/h7-10,12-13,15,21,28H,5-6,11,14,16H2,1-4H3. The van der Waals surface area contributed by atoms with E-state index in [9.17, 15) is 5.11 Å². The lowest BCUT2D eigenvalue weighted by atomic mass is 9.92. The molecule has 0 amide bonds. The van der Waals surface area contributed by atoms with Gasteiger partial charge in [-0.25, -0.2) is 0 Å². The van der Waals surface area contributed by atoms with Crippen LogP contribution in [0, 0.1) is 6.92 Å². The predicted octanol–water partition coefficient (Wildman–Crippen LogP) is 4.58. The van der Waals surface area contributed by atoms with E-state index in [0.717, 1.165) is 24.9 Å². The van der Waals surface area contributed by atoms with Crippen LogP contribution in [0.15, 0.2) is 42.7 Å². The zero-order chi connectivity index (χ0) is 19.9. The maximum atomic E-state index is 11.3. The summed E-state index contributed by atoms with van der Waals surface area (Å²) in [7, 11) is 2.25. The molecule has 0 radical (unpaired) electrons. The van der Waals surface area contributed by atoms with Crippen LogP contribution in [0.3, 0.4) is 0 Å². The highest BCUT2D eigenvalue weighted by atomic mass is 16.3. The summed E-state index contributed by atoms with van der Waals surface area (Å²) < 4.78 is 2.38. The molecule has 1 aliphatic rings. The van der Waals surface area contributed by atoms with Crippen molar-refractivity contribution in [3.63, 3.8) is 0 Å². The van der Waals surface area contributed by atoms with E-state index in [-0.39, 0.29) is 0 Å². The number of aryl methyl sites for hydroxylation is 1. The SMILES string of the molecule is CCCC1c2c(n(CC(C)(O)c3ccncc3)c3ccc(C)cc23)CCN1C. The molecule has 3 aromatic rings.